The second kappa shape index (κ2) is 5.17. The number of ether oxygens (including phenoxy) is 1. The second-order valence-corrected chi connectivity index (χ2v) is 2.34. The number of aliphatic hydroxyl groups is 1. The van der Waals surface area contributed by atoms with Crippen LogP contribution in [0.3, 0.4) is 0 Å². The number of hydrogen-bond donors (Lipinski definition) is 2. The van der Waals surface area contributed by atoms with Gasteiger partial charge >= 0.3 is 18.9 Å². The fourth-order valence-corrected chi connectivity index (χ4v) is 0.398. The normalized spacial score (nSPS) is 16.2. The van der Waals surface area contributed by atoms with Crippen molar-refractivity contribution in [2.75, 3.05) is 6.61 Å². The minimum Gasteiger partial charge on any atom is -1.00 e. The standard InChI is InChI=1S/C6H15NO2.Li.H/c1-4-9-6(7,8)5(2)3;;/h5,8H,4,7H2,1-3H3;;/q;+1;-1. The molecule has 3 nitrogen and oxygen atoms in total. The smallest absolute Gasteiger partial charge is 1.00 e. The molecule has 0 amide bonds. The van der Waals surface area contributed by atoms with Crippen molar-refractivity contribution in [1.82, 2.24) is 0 Å². The molecule has 1 atom stereocenters. The first-order valence-corrected chi connectivity index (χ1v) is 3.16. The van der Waals surface area contributed by atoms with Crippen LogP contribution in [0.4, 0.5) is 0 Å². The van der Waals surface area contributed by atoms with Gasteiger partial charge in [0, 0.05) is 12.5 Å². The molecule has 0 radical (unpaired) electrons. The van der Waals surface area contributed by atoms with E-state index in [0.717, 1.165) is 0 Å². The molecule has 1 unspecified atom stereocenters. The molecule has 4 heteroatoms. The summed E-state index contributed by atoms with van der Waals surface area (Å²) in [6.45, 7) is 5.83. The maximum atomic E-state index is 9.15. The van der Waals surface area contributed by atoms with Crippen LogP contribution in [-0.2, 0) is 4.74 Å². The minimum absolute atomic E-state index is 0. The van der Waals surface area contributed by atoms with Crippen molar-refractivity contribution in [3.05, 3.63) is 0 Å². The maximum absolute atomic E-state index is 9.15. The molecule has 0 heterocycles. The maximum Gasteiger partial charge on any atom is 1.00 e. The van der Waals surface area contributed by atoms with Gasteiger partial charge in [-0.1, -0.05) is 13.8 Å². The first-order valence-electron chi connectivity index (χ1n) is 3.16. The van der Waals surface area contributed by atoms with E-state index in [-0.39, 0.29) is 26.2 Å². The van der Waals surface area contributed by atoms with Crippen molar-refractivity contribution in [2.24, 2.45) is 11.7 Å². The van der Waals surface area contributed by atoms with E-state index in [1.54, 1.807) is 20.8 Å². The Morgan fingerprint density at radius 3 is 2.20 bits per heavy atom. The van der Waals surface area contributed by atoms with Crippen LogP contribution in [0.25, 0.3) is 0 Å². The molecule has 3 N–H and O–H groups in total. The van der Waals surface area contributed by atoms with Gasteiger partial charge in [0.25, 0.3) is 0 Å². The summed E-state index contributed by atoms with van der Waals surface area (Å²) in [4.78, 5) is 0. The zero-order valence-corrected chi connectivity index (χ0v) is 7.22. The van der Waals surface area contributed by atoms with E-state index in [1.165, 1.54) is 0 Å². The summed E-state index contributed by atoms with van der Waals surface area (Å²) in [6.07, 6.45) is 0. The van der Waals surface area contributed by atoms with Gasteiger partial charge in [-0.15, -0.1) is 0 Å². The third kappa shape index (κ3) is 4.32. The molecule has 0 saturated heterocycles. The molecule has 0 spiro atoms. The van der Waals surface area contributed by atoms with Crippen molar-refractivity contribution in [3.63, 3.8) is 0 Å². The predicted molar refractivity (Wildman–Crippen MR) is 36.7 cm³/mol. The van der Waals surface area contributed by atoms with Crippen LogP contribution in [0.15, 0.2) is 0 Å². The largest absolute Gasteiger partial charge is 1.00 e. The van der Waals surface area contributed by atoms with Gasteiger partial charge in [0.15, 0.2) is 0 Å². The van der Waals surface area contributed by atoms with E-state index >= 15 is 0 Å². The summed E-state index contributed by atoms with van der Waals surface area (Å²) in [5.74, 6) is -1.52. The number of nitrogens with two attached hydrogens (primary N) is 1. The van der Waals surface area contributed by atoms with Crippen molar-refractivity contribution in [1.29, 1.82) is 0 Å². The van der Waals surface area contributed by atoms with E-state index in [1.807, 2.05) is 0 Å². The van der Waals surface area contributed by atoms with E-state index < -0.39 is 5.91 Å². The minimum atomic E-state index is -1.45. The Bertz CT molecular complexity index is 90.7. The Morgan fingerprint density at radius 2 is 2.10 bits per heavy atom. The Labute approximate surface area is 75.6 Å². The summed E-state index contributed by atoms with van der Waals surface area (Å²) in [5, 5.41) is 9.15. The van der Waals surface area contributed by atoms with Gasteiger partial charge in [0.2, 0.25) is 5.91 Å². The van der Waals surface area contributed by atoms with Crippen molar-refractivity contribution in [3.8, 4) is 0 Å². The van der Waals surface area contributed by atoms with Crippen molar-refractivity contribution in [2.45, 2.75) is 26.7 Å². The Hall–Kier alpha value is 0.477. The van der Waals surface area contributed by atoms with Crippen molar-refractivity contribution >= 4 is 0 Å². The molecule has 0 aromatic rings. The summed E-state index contributed by atoms with van der Waals surface area (Å²) in [5.41, 5.74) is 5.30. The molecular formula is C6H16LiNO2. The van der Waals surface area contributed by atoms with Gasteiger partial charge in [-0.2, -0.15) is 0 Å². The zero-order valence-electron chi connectivity index (χ0n) is 8.22. The molecule has 0 saturated carbocycles. The molecule has 0 aliphatic heterocycles. The monoisotopic (exact) mass is 141 g/mol. The molecule has 0 bridgehead atoms. The van der Waals surface area contributed by atoms with E-state index in [2.05, 4.69) is 0 Å². The van der Waals surface area contributed by atoms with Crippen LogP contribution >= 0.6 is 0 Å². The van der Waals surface area contributed by atoms with Gasteiger partial charge in [-0.25, -0.2) is 0 Å². The fraction of sp³-hybridized carbons (Fsp3) is 1.00. The Balaban J connectivity index is -0.000000320. The van der Waals surface area contributed by atoms with Crippen LogP contribution in [0.1, 0.15) is 22.2 Å². The van der Waals surface area contributed by atoms with Crippen LogP contribution in [0.5, 0.6) is 0 Å². The predicted octanol–water partition coefficient (Wildman–Crippen LogP) is -2.60. The van der Waals surface area contributed by atoms with Gasteiger partial charge in [-0.3, -0.25) is 5.73 Å². The quantitative estimate of drug-likeness (QED) is 0.335. The molecule has 0 aromatic carbocycles. The molecule has 0 aliphatic carbocycles. The Morgan fingerprint density at radius 1 is 1.70 bits per heavy atom. The third-order valence-corrected chi connectivity index (χ3v) is 1.20. The second-order valence-electron chi connectivity index (χ2n) is 2.34. The molecule has 10 heavy (non-hydrogen) atoms. The summed E-state index contributed by atoms with van der Waals surface area (Å²) in [7, 11) is 0. The number of rotatable bonds is 3. The van der Waals surface area contributed by atoms with Gasteiger partial charge in [0.05, 0.1) is 0 Å². The van der Waals surface area contributed by atoms with Crippen LogP contribution in [0, 0.1) is 5.92 Å². The molecule has 0 aliphatic rings. The Kier molecular flexibility index (Phi) is 6.77. The van der Waals surface area contributed by atoms with Gasteiger partial charge < -0.3 is 11.3 Å². The molecule has 0 aromatic heterocycles. The van der Waals surface area contributed by atoms with Gasteiger partial charge in [0.1, 0.15) is 0 Å². The van der Waals surface area contributed by atoms with Crippen LogP contribution in [-0.4, -0.2) is 17.6 Å². The van der Waals surface area contributed by atoms with E-state index in [9.17, 15) is 0 Å². The summed E-state index contributed by atoms with van der Waals surface area (Å²) >= 11 is 0. The topological polar surface area (TPSA) is 55.5 Å². The van der Waals surface area contributed by atoms with Crippen molar-refractivity contribution < 1.29 is 30.1 Å². The van der Waals surface area contributed by atoms with E-state index in [0.29, 0.717) is 6.61 Å². The SMILES string of the molecule is CCOC(N)(O)C(C)C.[H-].[Li+]. The zero-order chi connectivity index (χ0) is 7.49. The molecule has 0 fully saturated rings. The fourth-order valence-electron chi connectivity index (χ4n) is 0.398. The summed E-state index contributed by atoms with van der Waals surface area (Å²) in [6, 6.07) is 0. The van der Waals surface area contributed by atoms with Crippen LogP contribution < -0.4 is 24.6 Å². The average Bonchev–Trinajstić information content (AvgIpc) is 1.65. The first kappa shape index (κ1) is 13.1. The third-order valence-electron chi connectivity index (χ3n) is 1.20. The first-order chi connectivity index (χ1) is 4.00. The molecule has 58 valence electrons. The van der Waals surface area contributed by atoms with Gasteiger partial charge in [-0.05, 0) is 6.92 Å². The summed E-state index contributed by atoms with van der Waals surface area (Å²) < 4.78 is 4.82. The molecule has 0 rings (SSSR count). The van der Waals surface area contributed by atoms with Crippen LogP contribution in [0.2, 0.25) is 0 Å². The molecular weight excluding hydrogens is 125 g/mol. The average molecular weight is 141 g/mol. The number of hydrogen-bond acceptors (Lipinski definition) is 3. The van der Waals surface area contributed by atoms with E-state index in [4.69, 9.17) is 15.6 Å².